The summed E-state index contributed by atoms with van der Waals surface area (Å²) >= 11 is 1.05. The van der Waals surface area contributed by atoms with E-state index < -0.39 is 5.97 Å². The van der Waals surface area contributed by atoms with Crippen molar-refractivity contribution < 1.29 is 14.7 Å². The van der Waals surface area contributed by atoms with Crippen molar-refractivity contribution in [2.75, 3.05) is 11.1 Å². The third-order valence-electron chi connectivity index (χ3n) is 2.42. The number of aromatic carboxylic acids is 1. The topological polar surface area (TPSA) is 112 Å². The monoisotopic (exact) mass is 305 g/mol. The summed E-state index contributed by atoms with van der Waals surface area (Å²) in [5, 5.41) is 11.9. The fourth-order valence-corrected chi connectivity index (χ4v) is 2.17. The first kappa shape index (κ1) is 14.8. The molecule has 0 radical (unpaired) electrons. The first-order chi connectivity index (χ1) is 10.1. The summed E-state index contributed by atoms with van der Waals surface area (Å²) in [4.78, 5) is 40.3. The van der Waals surface area contributed by atoms with Gasteiger partial charge in [-0.15, -0.1) is 0 Å². The molecule has 1 aromatic carbocycles. The zero-order valence-corrected chi connectivity index (χ0v) is 11.5. The number of amides is 1. The summed E-state index contributed by atoms with van der Waals surface area (Å²) in [6.45, 7) is 0. The molecule has 0 saturated heterocycles. The summed E-state index contributed by atoms with van der Waals surface area (Å²) in [5.41, 5.74) is -0.0589. The van der Waals surface area contributed by atoms with Crippen LogP contribution < -0.4 is 10.9 Å². The minimum Gasteiger partial charge on any atom is -0.478 e. The molecule has 2 rings (SSSR count). The standard InChI is InChI=1S/C13H11N3O4S/c17-10-5-6-14-13(16-10)21-7-11(18)15-9-4-2-1-3-8(9)12(19)20/h1-6H,7H2,(H,15,18)(H,19,20)(H,14,16,17). The van der Waals surface area contributed by atoms with E-state index in [9.17, 15) is 14.4 Å². The molecule has 2 aromatic rings. The molecule has 3 N–H and O–H groups in total. The molecule has 108 valence electrons. The lowest BCUT2D eigenvalue weighted by Crippen LogP contribution is -2.17. The van der Waals surface area contributed by atoms with Gasteiger partial charge in [0.1, 0.15) is 0 Å². The molecule has 8 heteroatoms. The number of carbonyl (C=O) groups excluding carboxylic acids is 1. The van der Waals surface area contributed by atoms with Crippen LogP contribution in [0.15, 0.2) is 46.5 Å². The van der Waals surface area contributed by atoms with E-state index in [1.165, 1.54) is 24.4 Å². The molecule has 0 aliphatic rings. The Labute approximate surface area is 123 Å². The number of hydrogen-bond acceptors (Lipinski definition) is 5. The Hall–Kier alpha value is -2.61. The third-order valence-corrected chi connectivity index (χ3v) is 3.31. The molecular formula is C13H11N3O4S. The second kappa shape index (κ2) is 6.71. The summed E-state index contributed by atoms with van der Waals surface area (Å²) in [6.07, 6.45) is 1.35. The van der Waals surface area contributed by atoms with Crippen molar-refractivity contribution in [2.45, 2.75) is 5.16 Å². The zero-order chi connectivity index (χ0) is 15.2. The zero-order valence-electron chi connectivity index (χ0n) is 10.7. The van der Waals surface area contributed by atoms with Crippen molar-refractivity contribution in [1.29, 1.82) is 0 Å². The molecule has 0 fully saturated rings. The third kappa shape index (κ3) is 4.18. The Balaban J connectivity index is 1.99. The second-order valence-electron chi connectivity index (χ2n) is 3.93. The van der Waals surface area contributed by atoms with Gasteiger partial charge in [0.15, 0.2) is 5.16 Å². The molecule has 1 amide bonds. The first-order valence-corrected chi connectivity index (χ1v) is 6.85. The maximum absolute atomic E-state index is 11.8. The highest BCUT2D eigenvalue weighted by molar-refractivity contribution is 7.99. The molecule has 1 heterocycles. The predicted octanol–water partition coefficient (Wildman–Crippen LogP) is 1.20. The predicted molar refractivity (Wildman–Crippen MR) is 77.6 cm³/mol. The van der Waals surface area contributed by atoms with Crippen molar-refractivity contribution >= 4 is 29.3 Å². The molecule has 7 nitrogen and oxygen atoms in total. The van der Waals surface area contributed by atoms with Crippen LogP contribution in [-0.2, 0) is 4.79 Å². The van der Waals surface area contributed by atoms with Crippen LogP contribution >= 0.6 is 11.8 Å². The van der Waals surface area contributed by atoms with Gasteiger partial charge in [-0.2, -0.15) is 0 Å². The summed E-state index contributed by atoms with van der Waals surface area (Å²) in [5.74, 6) is -1.51. The molecule has 0 saturated carbocycles. The number of carbonyl (C=O) groups is 2. The second-order valence-corrected chi connectivity index (χ2v) is 4.89. The molecular weight excluding hydrogens is 294 g/mol. The Kier molecular flexibility index (Phi) is 4.72. The average molecular weight is 305 g/mol. The van der Waals surface area contributed by atoms with E-state index >= 15 is 0 Å². The van der Waals surface area contributed by atoms with Crippen LogP contribution in [0.2, 0.25) is 0 Å². The van der Waals surface area contributed by atoms with Crippen LogP contribution in [0.25, 0.3) is 0 Å². The lowest BCUT2D eigenvalue weighted by molar-refractivity contribution is -0.113. The van der Waals surface area contributed by atoms with E-state index in [1.807, 2.05) is 0 Å². The van der Waals surface area contributed by atoms with E-state index in [1.54, 1.807) is 12.1 Å². The van der Waals surface area contributed by atoms with Crippen LogP contribution in [0.4, 0.5) is 5.69 Å². The Morgan fingerprint density at radius 3 is 2.76 bits per heavy atom. The molecule has 0 unspecified atom stereocenters. The van der Waals surface area contributed by atoms with E-state index in [0.717, 1.165) is 11.8 Å². The van der Waals surface area contributed by atoms with Gasteiger partial charge in [0.25, 0.3) is 5.56 Å². The van der Waals surface area contributed by atoms with E-state index in [0.29, 0.717) is 5.16 Å². The molecule has 1 aromatic heterocycles. The largest absolute Gasteiger partial charge is 0.478 e. The number of hydrogen-bond donors (Lipinski definition) is 3. The summed E-state index contributed by atoms with van der Waals surface area (Å²) in [6, 6.07) is 7.39. The van der Waals surface area contributed by atoms with Crippen LogP contribution in [-0.4, -0.2) is 32.7 Å². The highest BCUT2D eigenvalue weighted by atomic mass is 32.2. The normalized spacial score (nSPS) is 10.1. The van der Waals surface area contributed by atoms with Crippen molar-refractivity contribution in [3.63, 3.8) is 0 Å². The van der Waals surface area contributed by atoms with Crippen LogP contribution in [0.3, 0.4) is 0 Å². The molecule has 0 aliphatic carbocycles. The number of carboxylic acids is 1. The van der Waals surface area contributed by atoms with Crippen molar-refractivity contribution in [3.8, 4) is 0 Å². The number of nitrogens with one attached hydrogen (secondary N) is 2. The Morgan fingerprint density at radius 1 is 1.29 bits per heavy atom. The van der Waals surface area contributed by atoms with E-state index in [4.69, 9.17) is 5.11 Å². The number of nitrogens with zero attached hydrogens (tertiary/aromatic N) is 1. The smallest absolute Gasteiger partial charge is 0.337 e. The van der Waals surface area contributed by atoms with Gasteiger partial charge >= 0.3 is 5.97 Å². The number of rotatable bonds is 5. The SMILES string of the molecule is O=C(CSc1nccc(=O)[nH]1)Nc1ccccc1C(=O)O. The fourth-order valence-electron chi connectivity index (χ4n) is 1.52. The summed E-state index contributed by atoms with van der Waals surface area (Å²) in [7, 11) is 0. The van der Waals surface area contributed by atoms with Gasteiger partial charge in [-0.05, 0) is 12.1 Å². The number of aromatic nitrogens is 2. The molecule has 0 atom stereocenters. The highest BCUT2D eigenvalue weighted by Gasteiger charge is 2.12. The number of H-pyrrole nitrogens is 1. The van der Waals surface area contributed by atoms with E-state index in [2.05, 4.69) is 15.3 Å². The number of anilines is 1. The van der Waals surface area contributed by atoms with Gasteiger partial charge in [0.2, 0.25) is 5.91 Å². The average Bonchev–Trinajstić information content (AvgIpc) is 2.45. The van der Waals surface area contributed by atoms with Gasteiger partial charge in [0.05, 0.1) is 17.0 Å². The number of benzene rings is 1. The van der Waals surface area contributed by atoms with Crippen LogP contribution in [0, 0.1) is 0 Å². The van der Waals surface area contributed by atoms with Crippen molar-refractivity contribution in [1.82, 2.24) is 9.97 Å². The number of carboxylic acid groups (broad SMARTS) is 1. The van der Waals surface area contributed by atoms with Gasteiger partial charge in [0, 0.05) is 12.3 Å². The molecule has 21 heavy (non-hydrogen) atoms. The maximum atomic E-state index is 11.8. The lowest BCUT2D eigenvalue weighted by atomic mass is 10.2. The van der Waals surface area contributed by atoms with Crippen molar-refractivity contribution in [3.05, 3.63) is 52.4 Å². The molecule has 0 aliphatic heterocycles. The van der Waals surface area contributed by atoms with Gasteiger partial charge in [-0.25, -0.2) is 9.78 Å². The van der Waals surface area contributed by atoms with Gasteiger partial charge in [-0.1, -0.05) is 23.9 Å². The van der Waals surface area contributed by atoms with Crippen LogP contribution in [0.1, 0.15) is 10.4 Å². The summed E-state index contributed by atoms with van der Waals surface area (Å²) < 4.78 is 0. The Bertz CT molecular complexity index is 729. The number of thioether (sulfide) groups is 1. The number of aromatic amines is 1. The first-order valence-electron chi connectivity index (χ1n) is 5.86. The quantitative estimate of drug-likeness (QED) is 0.565. The minimum atomic E-state index is -1.12. The van der Waals surface area contributed by atoms with Crippen LogP contribution in [0.5, 0.6) is 0 Å². The van der Waals surface area contributed by atoms with E-state index in [-0.39, 0.29) is 28.5 Å². The number of para-hydroxylation sites is 1. The van der Waals surface area contributed by atoms with Crippen molar-refractivity contribution in [2.24, 2.45) is 0 Å². The maximum Gasteiger partial charge on any atom is 0.337 e. The molecule has 0 spiro atoms. The highest BCUT2D eigenvalue weighted by Crippen LogP contribution is 2.16. The van der Waals surface area contributed by atoms with Gasteiger partial charge < -0.3 is 15.4 Å². The molecule has 0 bridgehead atoms. The fraction of sp³-hybridized carbons (Fsp3) is 0.0769. The minimum absolute atomic E-state index is 0.000899. The van der Waals surface area contributed by atoms with Gasteiger partial charge in [-0.3, -0.25) is 9.59 Å². The lowest BCUT2D eigenvalue weighted by Gasteiger charge is -2.07. The Morgan fingerprint density at radius 2 is 2.05 bits per heavy atom.